The molecule has 3 nitrogen and oxygen atoms in total. The van der Waals surface area contributed by atoms with E-state index in [1.807, 2.05) is 0 Å². The van der Waals surface area contributed by atoms with Crippen LogP contribution in [0.3, 0.4) is 0 Å². The number of halogens is 2. The largest absolute Gasteiger partial charge is 0.370 e. The molecule has 0 bridgehead atoms. The molecule has 116 valence electrons. The molecule has 1 aliphatic carbocycles. The summed E-state index contributed by atoms with van der Waals surface area (Å²) >= 11 is 0. The maximum atomic E-state index is 13.8. The predicted octanol–water partition coefficient (Wildman–Crippen LogP) is 3.18. The summed E-state index contributed by atoms with van der Waals surface area (Å²) in [5, 5.41) is 0. The van der Waals surface area contributed by atoms with Crippen molar-refractivity contribution in [2.45, 2.75) is 51.0 Å². The zero-order chi connectivity index (χ0) is 15.5. The number of hydrogen-bond donors (Lipinski definition) is 2. The Balaban J connectivity index is 2.17. The van der Waals surface area contributed by atoms with Crippen molar-refractivity contribution in [1.82, 2.24) is 0 Å². The van der Waals surface area contributed by atoms with Crippen LogP contribution in [0, 0.1) is 17.0 Å². The number of carbonyl (C=O) groups is 1. The first kappa shape index (κ1) is 15.9. The first-order valence-corrected chi connectivity index (χ1v) is 7.41. The van der Waals surface area contributed by atoms with Crippen molar-refractivity contribution >= 4 is 5.91 Å². The molecule has 1 saturated carbocycles. The van der Waals surface area contributed by atoms with E-state index in [2.05, 4.69) is 0 Å². The molecule has 1 aromatic carbocycles. The lowest BCUT2D eigenvalue weighted by molar-refractivity contribution is -0.121. The topological polar surface area (TPSA) is 69.1 Å². The Kier molecular flexibility index (Phi) is 4.93. The van der Waals surface area contributed by atoms with E-state index in [1.165, 1.54) is 12.1 Å². The Morgan fingerprint density at radius 1 is 1.24 bits per heavy atom. The summed E-state index contributed by atoms with van der Waals surface area (Å²) in [6.07, 6.45) is 5.75. The van der Waals surface area contributed by atoms with Gasteiger partial charge in [0.2, 0.25) is 5.91 Å². The maximum Gasteiger partial charge on any atom is 0.217 e. The monoisotopic (exact) mass is 296 g/mol. The Hall–Kier alpha value is -1.49. The second-order valence-electron chi connectivity index (χ2n) is 6.18. The average molecular weight is 296 g/mol. The standard InChI is InChI=1S/C16H22F2N2O/c17-11-4-5-12(13(18)8-11)14(19)9-16(10-15(20)21)6-2-1-3-7-16/h4-5,8,14H,1-3,6-7,9-10,19H2,(H2,20,21). The highest BCUT2D eigenvalue weighted by Crippen LogP contribution is 2.45. The highest BCUT2D eigenvalue weighted by molar-refractivity contribution is 5.74. The van der Waals surface area contributed by atoms with Gasteiger partial charge in [-0.3, -0.25) is 4.79 Å². The van der Waals surface area contributed by atoms with E-state index in [9.17, 15) is 13.6 Å². The van der Waals surface area contributed by atoms with Crippen LogP contribution in [-0.4, -0.2) is 5.91 Å². The minimum absolute atomic E-state index is 0.246. The van der Waals surface area contributed by atoms with Crippen molar-refractivity contribution in [3.63, 3.8) is 0 Å². The second-order valence-corrected chi connectivity index (χ2v) is 6.18. The van der Waals surface area contributed by atoms with Crippen LogP contribution in [0.15, 0.2) is 18.2 Å². The molecule has 1 unspecified atom stereocenters. The third-order valence-corrected chi connectivity index (χ3v) is 4.48. The van der Waals surface area contributed by atoms with Crippen molar-refractivity contribution in [3.05, 3.63) is 35.4 Å². The highest BCUT2D eigenvalue weighted by atomic mass is 19.1. The van der Waals surface area contributed by atoms with Gasteiger partial charge >= 0.3 is 0 Å². The molecule has 2 rings (SSSR count). The summed E-state index contributed by atoms with van der Waals surface area (Å²) in [6, 6.07) is 2.88. The van der Waals surface area contributed by atoms with Crippen LogP contribution in [0.2, 0.25) is 0 Å². The molecule has 5 heteroatoms. The third-order valence-electron chi connectivity index (χ3n) is 4.48. The van der Waals surface area contributed by atoms with Crippen LogP contribution in [0.4, 0.5) is 8.78 Å². The fraction of sp³-hybridized carbons (Fsp3) is 0.562. The molecular weight excluding hydrogens is 274 g/mol. The molecule has 21 heavy (non-hydrogen) atoms. The molecule has 0 aromatic heterocycles. The van der Waals surface area contributed by atoms with Crippen molar-refractivity contribution in [2.75, 3.05) is 0 Å². The van der Waals surface area contributed by atoms with Gasteiger partial charge in [-0.15, -0.1) is 0 Å². The molecule has 1 amide bonds. The Labute approximate surface area is 123 Å². The van der Waals surface area contributed by atoms with Gasteiger partial charge in [-0.2, -0.15) is 0 Å². The lowest BCUT2D eigenvalue weighted by Crippen LogP contribution is -2.34. The third kappa shape index (κ3) is 4.00. The summed E-state index contributed by atoms with van der Waals surface area (Å²) in [5.41, 5.74) is 11.5. The van der Waals surface area contributed by atoms with Crippen molar-refractivity contribution in [3.8, 4) is 0 Å². The molecule has 0 saturated heterocycles. The molecule has 0 radical (unpaired) electrons. The van der Waals surface area contributed by atoms with Gasteiger partial charge in [-0.05, 0) is 30.7 Å². The molecular formula is C16H22F2N2O. The van der Waals surface area contributed by atoms with Crippen LogP contribution in [0.25, 0.3) is 0 Å². The Bertz CT molecular complexity index is 513. The van der Waals surface area contributed by atoms with Gasteiger partial charge in [0.05, 0.1) is 0 Å². The number of hydrogen-bond acceptors (Lipinski definition) is 2. The fourth-order valence-corrected chi connectivity index (χ4v) is 3.50. The lowest BCUT2D eigenvalue weighted by atomic mass is 9.67. The summed E-state index contributed by atoms with van der Waals surface area (Å²) in [4.78, 5) is 11.4. The van der Waals surface area contributed by atoms with E-state index in [-0.39, 0.29) is 17.7 Å². The summed E-state index contributed by atoms with van der Waals surface area (Å²) in [7, 11) is 0. The van der Waals surface area contributed by atoms with Crippen molar-refractivity contribution < 1.29 is 13.6 Å². The number of amides is 1. The summed E-state index contributed by atoms with van der Waals surface area (Å²) in [6.45, 7) is 0. The van der Waals surface area contributed by atoms with Crippen molar-refractivity contribution in [2.24, 2.45) is 16.9 Å². The first-order chi connectivity index (χ1) is 9.92. The fourth-order valence-electron chi connectivity index (χ4n) is 3.50. The smallest absolute Gasteiger partial charge is 0.217 e. The minimum Gasteiger partial charge on any atom is -0.370 e. The second kappa shape index (κ2) is 6.52. The van der Waals surface area contributed by atoms with Crippen LogP contribution in [0.1, 0.15) is 56.6 Å². The number of benzene rings is 1. The van der Waals surface area contributed by atoms with Crippen LogP contribution in [0.5, 0.6) is 0 Å². The van der Waals surface area contributed by atoms with Gasteiger partial charge in [-0.1, -0.05) is 25.3 Å². The number of carbonyl (C=O) groups excluding carboxylic acids is 1. The van der Waals surface area contributed by atoms with Crippen LogP contribution >= 0.6 is 0 Å². The van der Waals surface area contributed by atoms with Crippen molar-refractivity contribution in [1.29, 1.82) is 0 Å². The predicted molar refractivity (Wildman–Crippen MR) is 77.2 cm³/mol. The molecule has 1 atom stereocenters. The lowest BCUT2D eigenvalue weighted by Gasteiger charge is -2.38. The number of nitrogens with two attached hydrogens (primary N) is 2. The average Bonchev–Trinajstić information content (AvgIpc) is 2.38. The molecule has 1 fully saturated rings. The summed E-state index contributed by atoms with van der Waals surface area (Å²) < 4.78 is 26.8. The van der Waals surface area contributed by atoms with Gasteiger partial charge in [-0.25, -0.2) is 8.78 Å². The number of rotatable bonds is 5. The molecule has 1 aliphatic rings. The van der Waals surface area contributed by atoms with E-state index in [0.29, 0.717) is 12.0 Å². The maximum absolute atomic E-state index is 13.8. The zero-order valence-corrected chi connectivity index (χ0v) is 12.1. The normalized spacial score (nSPS) is 19.2. The van der Waals surface area contributed by atoms with E-state index in [0.717, 1.165) is 38.2 Å². The first-order valence-electron chi connectivity index (χ1n) is 7.41. The Morgan fingerprint density at radius 2 is 1.90 bits per heavy atom. The van der Waals surface area contributed by atoms with E-state index in [4.69, 9.17) is 11.5 Å². The van der Waals surface area contributed by atoms with Crippen LogP contribution < -0.4 is 11.5 Å². The number of primary amides is 1. The van der Waals surface area contributed by atoms with E-state index < -0.39 is 17.7 Å². The van der Waals surface area contributed by atoms with Gasteiger partial charge in [0.25, 0.3) is 0 Å². The van der Waals surface area contributed by atoms with E-state index in [1.54, 1.807) is 0 Å². The van der Waals surface area contributed by atoms with Gasteiger partial charge in [0.1, 0.15) is 11.6 Å². The minimum atomic E-state index is -0.632. The van der Waals surface area contributed by atoms with Gasteiger partial charge in [0, 0.05) is 24.1 Å². The summed E-state index contributed by atoms with van der Waals surface area (Å²) in [5.74, 6) is -1.59. The zero-order valence-electron chi connectivity index (χ0n) is 12.1. The van der Waals surface area contributed by atoms with Crippen LogP contribution in [-0.2, 0) is 4.79 Å². The molecule has 0 spiro atoms. The SMILES string of the molecule is NC(=O)CC1(CC(N)c2ccc(F)cc2F)CCCCC1. The molecule has 4 N–H and O–H groups in total. The molecule has 1 aromatic rings. The highest BCUT2D eigenvalue weighted by Gasteiger charge is 2.36. The quantitative estimate of drug-likeness (QED) is 0.876. The Morgan fingerprint density at radius 3 is 2.48 bits per heavy atom. The molecule has 0 aliphatic heterocycles. The molecule has 0 heterocycles. The van der Waals surface area contributed by atoms with Gasteiger partial charge < -0.3 is 11.5 Å². The van der Waals surface area contributed by atoms with Gasteiger partial charge in [0.15, 0.2) is 0 Å². The van der Waals surface area contributed by atoms with E-state index >= 15 is 0 Å².